The van der Waals surface area contributed by atoms with Gasteiger partial charge < -0.3 is 18.9 Å². The van der Waals surface area contributed by atoms with Crippen molar-refractivity contribution in [3.05, 3.63) is 24.4 Å². The molecule has 0 saturated heterocycles. The lowest BCUT2D eigenvalue weighted by atomic mass is 10.4. The number of hydrogen-bond donors (Lipinski definition) is 0. The predicted octanol–water partition coefficient (Wildman–Crippen LogP) is 2.40. The summed E-state index contributed by atoms with van der Waals surface area (Å²) in [5, 5.41) is 4.03. The maximum absolute atomic E-state index is 11.4. The van der Waals surface area contributed by atoms with Gasteiger partial charge in [-0.1, -0.05) is 0 Å². The number of fused-ring (bicyclic) bond motifs is 1. The van der Waals surface area contributed by atoms with Gasteiger partial charge in [0.15, 0.2) is 0 Å². The van der Waals surface area contributed by atoms with Gasteiger partial charge in [0.2, 0.25) is 5.75 Å². The van der Waals surface area contributed by atoms with Crippen LogP contribution in [0.2, 0.25) is 0 Å². The summed E-state index contributed by atoms with van der Waals surface area (Å²) in [7, 11) is 0. The summed E-state index contributed by atoms with van der Waals surface area (Å²) in [6.07, 6.45) is -0.198. The van der Waals surface area contributed by atoms with Crippen LogP contribution in [0, 0.1) is 0 Å². The molecule has 2 rings (SSSR count). The van der Waals surface area contributed by atoms with Gasteiger partial charge in [-0.3, -0.25) is 0 Å². The van der Waals surface area contributed by atoms with Gasteiger partial charge in [0.05, 0.1) is 18.7 Å². The van der Waals surface area contributed by atoms with Crippen LogP contribution in [0.4, 0.5) is 9.59 Å². The van der Waals surface area contributed by atoms with E-state index in [0.717, 1.165) is 0 Å². The van der Waals surface area contributed by atoms with Crippen LogP contribution in [0.1, 0.15) is 13.8 Å². The first kappa shape index (κ1) is 14.6. The summed E-state index contributed by atoms with van der Waals surface area (Å²) in [5.74, 6) is -0.224. The highest BCUT2D eigenvalue weighted by Crippen LogP contribution is 2.27. The molecule has 8 heteroatoms. The molecule has 0 unspecified atom stereocenters. The highest BCUT2D eigenvalue weighted by molar-refractivity contribution is 5.69. The van der Waals surface area contributed by atoms with Crippen molar-refractivity contribution in [2.75, 3.05) is 13.2 Å². The second-order valence-electron chi connectivity index (χ2n) is 3.76. The summed E-state index contributed by atoms with van der Waals surface area (Å²) < 4.78 is 20.7. The standard InChI is InChI=1S/C13H14N2O6/c1-3-18-12(16)20-10-8-9-6-5-7-15(9)14-11(10)21-13(17)19-4-2/h5-8H,3-4H2,1-2H3. The fourth-order valence-electron chi connectivity index (χ4n) is 1.54. The summed E-state index contributed by atoms with van der Waals surface area (Å²) in [6, 6.07) is 4.99. The number of ether oxygens (including phenoxy) is 4. The molecule has 112 valence electrons. The topological polar surface area (TPSA) is 88.4 Å². The Morgan fingerprint density at radius 3 is 2.48 bits per heavy atom. The van der Waals surface area contributed by atoms with Crippen LogP contribution in [0.5, 0.6) is 11.6 Å². The number of aromatic nitrogens is 2. The summed E-state index contributed by atoms with van der Waals surface area (Å²) in [4.78, 5) is 22.8. The van der Waals surface area contributed by atoms with E-state index in [1.165, 1.54) is 10.6 Å². The van der Waals surface area contributed by atoms with Gasteiger partial charge in [0.1, 0.15) is 0 Å². The van der Waals surface area contributed by atoms with Gasteiger partial charge in [-0.05, 0) is 26.0 Å². The smallest absolute Gasteiger partial charge is 0.434 e. The van der Waals surface area contributed by atoms with Crippen LogP contribution in [-0.2, 0) is 9.47 Å². The molecule has 0 aliphatic rings. The average Bonchev–Trinajstić information content (AvgIpc) is 2.86. The first-order chi connectivity index (χ1) is 10.1. The minimum atomic E-state index is -0.940. The van der Waals surface area contributed by atoms with E-state index in [4.69, 9.17) is 9.47 Å². The van der Waals surface area contributed by atoms with E-state index in [2.05, 4.69) is 14.6 Å². The van der Waals surface area contributed by atoms with Crippen LogP contribution in [-0.4, -0.2) is 35.1 Å². The first-order valence-corrected chi connectivity index (χ1v) is 6.31. The van der Waals surface area contributed by atoms with Crippen LogP contribution in [0.3, 0.4) is 0 Å². The summed E-state index contributed by atoms with van der Waals surface area (Å²) in [6.45, 7) is 3.60. The molecular formula is C13H14N2O6. The van der Waals surface area contributed by atoms with Gasteiger partial charge in [0.25, 0.3) is 5.88 Å². The van der Waals surface area contributed by atoms with E-state index in [1.54, 1.807) is 32.2 Å². The quantitative estimate of drug-likeness (QED) is 0.800. The Labute approximate surface area is 120 Å². The fourth-order valence-corrected chi connectivity index (χ4v) is 1.54. The van der Waals surface area contributed by atoms with Gasteiger partial charge in [-0.15, -0.1) is 5.10 Å². The Hall–Kier alpha value is -2.77. The fraction of sp³-hybridized carbons (Fsp3) is 0.308. The van der Waals surface area contributed by atoms with Gasteiger partial charge in [-0.25, -0.2) is 14.1 Å². The zero-order valence-electron chi connectivity index (χ0n) is 11.6. The molecule has 0 saturated carbocycles. The average molecular weight is 294 g/mol. The van der Waals surface area contributed by atoms with E-state index in [-0.39, 0.29) is 24.8 Å². The first-order valence-electron chi connectivity index (χ1n) is 6.31. The van der Waals surface area contributed by atoms with E-state index in [0.29, 0.717) is 5.52 Å². The molecule has 0 atom stereocenters. The van der Waals surface area contributed by atoms with Gasteiger partial charge in [0, 0.05) is 12.3 Å². The zero-order valence-corrected chi connectivity index (χ0v) is 11.6. The van der Waals surface area contributed by atoms with Crippen LogP contribution in [0.15, 0.2) is 24.4 Å². The molecule has 2 aromatic rings. The molecule has 0 aliphatic heterocycles. The van der Waals surface area contributed by atoms with E-state index in [1.807, 2.05) is 0 Å². The minimum Gasteiger partial charge on any atom is -0.434 e. The molecule has 2 heterocycles. The summed E-state index contributed by atoms with van der Waals surface area (Å²) in [5.41, 5.74) is 0.658. The molecule has 2 aromatic heterocycles. The third-order valence-corrected chi connectivity index (χ3v) is 2.34. The van der Waals surface area contributed by atoms with Crippen molar-refractivity contribution in [2.45, 2.75) is 13.8 Å². The van der Waals surface area contributed by atoms with Crippen molar-refractivity contribution in [1.82, 2.24) is 9.61 Å². The van der Waals surface area contributed by atoms with Crippen molar-refractivity contribution >= 4 is 17.8 Å². The number of carbonyl (C=O) groups is 2. The molecule has 0 aromatic carbocycles. The summed E-state index contributed by atoms with van der Waals surface area (Å²) >= 11 is 0. The number of carbonyl (C=O) groups excluding carboxylic acids is 2. The normalized spacial score (nSPS) is 10.2. The van der Waals surface area contributed by atoms with Crippen molar-refractivity contribution in [1.29, 1.82) is 0 Å². The monoisotopic (exact) mass is 294 g/mol. The molecule has 0 N–H and O–H groups in total. The molecule has 0 spiro atoms. The maximum Gasteiger partial charge on any atom is 0.515 e. The van der Waals surface area contributed by atoms with Crippen LogP contribution >= 0.6 is 0 Å². The van der Waals surface area contributed by atoms with Gasteiger partial charge in [-0.2, -0.15) is 0 Å². The Bertz CT molecular complexity index is 597. The van der Waals surface area contributed by atoms with E-state index in [9.17, 15) is 9.59 Å². The van der Waals surface area contributed by atoms with Gasteiger partial charge >= 0.3 is 12.3 Å². The molecule has 0 aliphatic carbocycles. The van der Waals surface area contributed by atoms with E-state index < -0.39 is 12.3 Å². The highest BCUT2D eigenvalue weighted by Gasteiger charge is 2.18. The Morgan fingerprint density at radius 2 is 1.81 bits per heavy atom. The lowest BCUT2D eigenvalue weighted by Gasteiger charge is -2.09. The lowest BCUT2D eigenvalue weighted by Crippen LogP contribution is -2.15. The highest BCUT2D eigenvalue weighted by atomic mass is 16.7. The Balaban J connectivity index is 2.30. The Kier molecular flexibility index (Phi) is 4.60. The van der Waals surface area contributed by atoms with Crippen LogP contribution < -0.4 is 9.47 Å². The van der Waals surface area contributed by atoms with Crippen molar-refractivity contribution < 1.29 is 28.5 Å². The number of nitrogens with zero attached hydrogens (tertiary/aromatic N) is 2. The third kappa shape index (κ3) is 3.62. The SMILES string of the molecule is CCOC(=O)Oc1cc2cccn2nc1OC(=O)OCC. The predicted molar refractivity (Wildman–Crippen MR) is 70.5 cm³/mol. The lowest BCUT2D eigenvalue weighted by molar-refractivity contribution is 0.0920. The minimum absolute atomic E-state index is 0.0345. The zero-order chi connectivity index (χ0) is 15.2. The third-order valence-electron chi connectivity index (χ3n) is 2.34. The van der Waals surface area contributed by atoms with E-state index >= 15 is 0 Å². The molecule has 0 fully saturated rings. The maximum atomic E-state index is 11.4. The molecule has 0 radical (unpaired) electrons. The van der Waals surface area contributed by atoms with Crippen molar-refractivity contribution in [3.8, 4) is 11.6 Å². The number of rotatable bonds is 4. The number of hydrogen-bond acceptors (Lipinski definition) is 7. The van der Waals surface area contributed by atoms with Crippen molar-refractivity contribution in [2.24, 2.45) is 0 Å². The second-order valence-corrected chi connectivity index (χ2v) is 3.76. The van der Waals surface area contributed by atoms with Crippen molar-refractivity contribution in [3.63, 3.8) is 0 Å². The molecule has 0 bridgehead atoms. The molecular weight excluding hydrogens is 280 g/mol. The molecule has 21 heavy (non-hydrogen) atoms. The van der Waals surface area contributed by atoms with Crippen LogP contribution in [0.25, 0.3) is 5.52 Å². The molecule has 0 amide bonds. The molecule has 8 nitrogen and oxygen atoms in total. The largest absolute Gasteiger partial charge is 0.515 e. The Morgan fingerprint density at radius 1 is 1.14 bits per heavy atom. The second kappa shape index (κ2) is 6.60.